The fraction of sp³-hybridized carbons (Fsp3) is 0.944. The van der Waals surface area contributed by atoms with Crippen molar-refractivity contribution in [2.24, 2.45) is 5.92 Å². The van der Waals surface area contributed by atoms with Crippen LogP contribution < -0.4 is 0 Å². The second kappa shape index (κ2) is 7.78. The molecule has 0 bridgehead atoms. The van der Waals surface area contributed by atoms with Crippen molar-refractivity contribution in [1.82, 2.24) is 14.7 Å². The van der Waals surface area contributed by atoms with Crippen molar-refractivity contribution in [3.05, 3.63) is 0 Å². The van der Waals surface area contributed by atoms with Crippen LogP contribution in [0.4, 0.5) is 0 Å². The van der Waals surface area contributed by atoms with Gasteiger partial charge in [-0.1, -0.05) is 12.8 Å². The Labute approximate surface area is 135 Å². The maximum Gasteiger partial charge on any atom is 0.236 e. The number of carbonyl (C=O) groups is 1. The molecule has 1 amide bonds. The molecule has 2 heterocycles. The van der Waals surface area contributed by atoms with Gasteiger partial charge in [-0.05, 0) is 44.9 Å². The molecule has 4 nitrogen and oxygen atoms in total. The summed E-state index contributed by atoms with van der Waals surface area (Å²) in [4.78, 5) is 19.6. The number of hydrogen-bond acceptors (Lipinski definition) is 3. The van der Waals surface area contributed by atoms with Crippen LogP contribution in [0.3, 0.4) is 0 Å². The number of piperazine rings is 1. The molecule has 0 unspecified atom stereocenters. The summed E-state index contributed by atoms with van der Waals surface area (Å²) < 4.78 is 0. The number of piperidine rings is 1. The van der Waals surface area contributed by atoms with E-state index < -0.39 is 0 Å². The van der Waals surface area contributed by atoms with Gasteiger partial charge in [0.25, 0.3) is 0 Å². The van der Waals surface area contributed by atoms with Crippen LogP contribution >= 0.6 is 0 Å². The second-order valence-corrected chi connectivity index (χ2v) is 7.66. The second-order valence-electron chi connectivity index (χ2n) is 7.66. The molecule has 1 atom stereocenters. The average Bonchev–Trinajstić information content (AvgIpc) is 3.02. The van der Waals surface area contributed by atoms with E-state index in [1.807, 2.05) is 0 Å². The van der Waals surface area contributed by atoms with E-state index >= 15 is 0 Å². The molecule has 1 aliphatic carbocycles. The standard InChI is InChI=1S/C18H33N3O/c1-16-6-4-5-9-21(16)18(22)15-20-12-10-19(11-13-20)14-17-7-2-3-8-17/h16-17H,2-15H2,1H3/t16-/m0/s1. The fourth-order valence-electron chi connectivity index (χ4n) is 4.44. The van der Waals surface area contributed by atoms with E-state index in [0.717, 1.165) is 38.6 Å². The predicted octanol–water partition coefficient (Wildman–Crippen LogP) is 2.20. The minimum atomic E-state index is 0.358. The van der Waals surface area contributed by atoms with E-state index in [0.29, 0.717) is 18.5 Å². The van der Waals surface area contributed by atoms with Crippen LogP contribution in [0.5, 0.6) is 0 Å². The third-order valence-electron chi connectivity index (χ3n) is 5.94. The normalized spacial score (nSPS) is 29.1. The lowest BCUT2D eigenvalue weighted by molar-refractivity contribution is -0.136. The summed E-state index contributed by atoms with van der Waals surface area (Å²) in [5.74, 6) is 1.30. The zero-order chi connectivity index (χ0) is 15.4. The zero-order valence-electron chi connectivity index (χ0n) is 14.3. The lowest BCUT2D eigenvalue weighted by Crippen LogP contribution is -2.52. The Kier molecular flexibility index (Phi) is 5.75. The van der Waals surface area contributed by atoms with Crippen molar-refractivity contribution in [1.29, 1.82) is 0 Å². The van der Waals surface area contributed by atoms with Crippen LogP contribution in [0, 0.1) is 5.92 Å². The van der Waals surface area contributed by atoms with Crippen molar-refractivity contribution in [2.75, 3.05) is 45.8 Å². The largest absolute Gasteiger partial charge is 0.339 e. The molecule has 126 valence electrons. The number of hydrogen-bond donors (Lipinski definition) is 0. The van der Waals surface area contributed by atoms with Gasteiger partial charge in [0, 0.05) is 45.3 Å². The molecule has 4 heteroatoms. The average molecular weight is 307 g/mol. The molecule has 1 saturated carbocycles. The van der Waals surface area contributed by atoms with E-state index in [2.05, 4.69) is 21.6 Å². The minimum Gasteiger partial charge on any atom is -0.339 e. The molecule has 0 spiro atoms. The summed E-state index contributed by atoms with van der Waals surface area (Å²) in [6.45, 7) is 9.56. The van der Waals surface area contributed by atoms with Crippen LogP contribution in [-0.2, 0) is 4.79 Å². The maximum absolute atomic E-state index is 12.5. The molecule has 0 aromatic heterocycles. The number of carbonyl (C=O) groups excluding carboxylic acids is 1. The number of rotatable bonds is 4. The van der Waals surface area contributed by atoms with E-state index in [-0.39, 0.29) is 0 Å². The van der Waals surface area contributed by atoms with Crippen LogP contribution in [0.1, 0.15) is 51.9 Å². The summed E-state index contributed by atoms with van der Waals surface area (Å²) >= 11 is 0. The van der Waals surface area contributed by atoms with Crippen LogP contribution in [0.25, 0.3) is 0 Å². The molecule has 2 saturated heterocycles. The first-order valence-corrected chi connectivity index (χ1v) is 9.46. The van der Waals surface area contributed by atoms with Gasteiger partial charge < -0.3 is 9.80 Å². The highest BCUT2D eigenvalue weighted by Gasteiger charge is 2.27. The first kappa shape index (κ1) is 16.3. The smallest absolute Gasteiger partial charge is 0.236 e. The van der Waals surface area contributed by atoms with Crippen molar-refractivity contribution in [2.45, 2.75) is 57.9 Å². The van der Waals surface area contributed by atoms with Gasteiger partial charge >= 0.3 is 0 Å². The van der Waals surface area contributed by atoms with Gasteiger partial charge in [0.1, 0.15) is 0 Å². The SMILES string of the molecule is C[C@H]1CCCCN1C(=O)CN1CCN(CC2CCCC2)CC1. The highest BCUT2D eigenvalue weighted by Crippen LogP contribution is 2.25. The Balaban J connectivity index is 1.38. The van der Waals surface area contributed by atoms with E-state index in [1.165, 1.54) is 51.5 Å². The topological polar surface area (TPSA) is 26.8 Å². The Hall–Kier alpha value is -0.610. The van der Waals surface area contributed by atoms with Gasteiger partial charge in [-0.2, -0.15) is 0 Å². The van der Waals surface area contributed by atoms with Gasteiger partial charge in [0.15, 0.2) is 0 Å². The van der Waals surface area contributed by atoms with Gasteiger partial charge in [-0.3, -0.25) is 9.69 Å². The highest BCUT2D eigenvalue weighted by atomic mass is 16.2. The molecule has 2 aliphatic heterocycles. The van der Waals surface area contributed by atoms with Crippen molar-refractivity contribution in [3.8, 4) is 0 Å². The first-order chi connectivity index (χ1) is 10.7. The quantitative estimate of drug-likeness (QED) is 0.796. The molecule has 0 aromatic carbocycles. The highest BCUT2D eigenvalue weighted by molar-refractivity contribution is 5.78. The molecule has 3 aliphatic rings. The Morgan fingerprint density at radius 3 is 2.18 bits per heavy atom. The molecule has 22 heavy (non-hydrogen) atoms. The van der Waals surface area contributed by atoms with Gasteiger partial charge in [0.2, 0.25) is 5.91 Å². The summed E-state index contributed by atoms with van der Waals surface area (Å²) in [7, 11) is 0. The summed E-state index contributed by atoms with van der Waals surface area (Å²) in [5.41, 5.74) is 0. The first-order valence-electron chi connectivity index (χ1n) is 9.46. The monoisotopic (exact) mass is 307 g/mol. The maximum atomic E-state index is 12.5. The van der Waals surface area contributed by atoms with E-state index in [1.54, 1.807) is 0 Å². The summed E-state index contributed by atoms with van der Waals surface area (Å²) in [5, 5.41) is 0. The van der Waals surface area contributed by atoms with Crippen LogP contribution in [0.2, 0.25) is 0 Å². The molecular formula is C18H33N3O. The zero-order valence-corrected chi connectivity index (χ0v) is 14.3. The van der Waals surface area contributed by atoms with Gasteiger partial charge in [0.05, 0.1) is 6.54 Å². The molecule has 3 fully saturated rings. The van der Waals surface area contributed by atoms with Crippen LogP contribution in [-0.4, -0.2) is 72.5 Å². The summed E-state index contributed by atoms with van der Waals surface area (Å²) in [6.07, 6.45) is 9.40. The van der Waals surface area contributed by atoms with Crippen molar-refractivity contribution >= 4 is 5.91 Å². The predicted molar refractivity (Wildman–Crippen MR) is 89.9 cm³/mol. The summed E-state index contributed by atoms with van der Waals surface area (Å²) in [6, 6.07) is 0.449. The number of likely N-dealkylation sites (tertiary alicyclic amines) is 1. The Morgan fingerprint density at radius 2 is 1.50 bits per heavy atom. The molecule has 0 N–H and O–H groups in total. The van der Waals surface area contributed by atoms with Crippen molar-refractivity contribution in [3.63, 3.8) is 0 Å². The minimum absolute atomic E-state index is 0.358. The molecule has 3 rings (SSSR count). The number of nitrogens with zero attached hydrogens (tertiary/aromatic N) is 3. The third-order valence-corrected chi connectivity index (χ3v) is 5.94. The van der Waals surface area contributed by atoms with E-state index in [4.69, 9.17) is 0 Å². The van der Waals surface area contributed by atoms with Gasteiger partial charge in [-0.15, -0.1) is 0 Å². The lowest BCUT2D eigenvalue weighted by atomic mass is 10.0. The Morgan fingerprint density at radius 1 is 0.864 bits per heavy atom. The lowest BCUT2D eigenvalue weighted by Gasteiger charge is -2.38. The number of amides is 1. The van der Waals surface area contributed by atoms with Gasteiger partial charge in [-0.25, -0.2) is 0 Å². The molecule has 0 aromatic rings. The van der Waals surface area contributed by atoms with Crippen molar-refractivity contribution < 1.29 is 4.79 Å². The molecule has 0 radical (unpaired) electrons. The molecular weight excluding hydrogens is 274 g/mol. The Bertz CT molecular complexity index is 359. The third kappa shape index (κ3) is 4.23. The van der Waals surface area contributed by atoms with Crippen LogP contribution in [0.15, 0.2) is 0 Å². The van der Waals surface area contributed by atoms with E-state index in [9.17, 15) is 4.79 Å². The fourth-order valence-corrected chi connectivity index (χ4v) is 4.44.